The van der Waals surface area contributed by atoms with Crippen LogP contribution in [-0.2, 0) is 0 Å². The Morgan fingerprint density at radius 1 is 1.20 bits per heavy atom. The van der Waals surface area contributed by atoms with Crippen LogP contribution in [-0.4, -0.2) is 30.1 Å². The monoisotopic (exact) mass is 210 g/mol. The zero-order valence-electron chi connectivity index (χ0n) is 10.2. The standard InChI is InChI=1S/C13H26N2/c1-12-11-13(12,14)7-6-10-15-8-4-2-3-5-9-15/h12H,2-11,14H2,1H3. The molecular formula is C13H26N2. The largest absolute Gasteiger partial charge is 0.325 e. The van der Waals surface area contributed by atoms with Gasteiger partial charge >= 0.3 is 0 Å². The minimum atomic E-state index is 0.228. The Labute approximate surface area is 94.2 Å². The second-order valence-electron chi connectivity index (χ2n) is 5.70. The van der Waals surface area contributed by atoms with Gasteiger partial charge in [-0.3, -0.25) is 0 Å². The molecular weight excluding hydrogens is 184 g/mol. The fourth-order valence-electron chi connectivity index (χ4n) is 2.85. The summed E-state index contributed by atoms with van der Waals surface area (Å²) in [5.41, 5.74) is 6.45. The molecule has 2 unspecified atom stereocenters. The number of hydrogen-bond acceptors (Lipinski definition) is 2. The Kier molecular flexibility index (Phi) is 3.68. The summed E-state index contributed by atoms with van der Waals surface area (Å²) in [6.07, 6.45) is 9.50. The van der Waals surface area contributed by atoms with Gasteiger partial charge in [-0.25, -0.2) is 0 Å². The van der Waals surface area contributed by atoms with Crippen LogP contribution in [0.4, 0.5) is 0 Å². The highest BCUT2D eigenvalue weighted by molar-refractivity contribution is 5.05. The summed E-state index contributed by atoms with van der Waals surface area (Å²) in [5, 5.41) is 0. The smallest absolute Gasteiger partial charge is 0.0184 e. The van der Waals surface area contributed by atoms with Gasteiger partial charge in [0, 0.05) is 5.54 Å². The van der Waals surface area contributed by atoms with Gasteiger partial charge in [-0.2, -0.15) is 0 Å². The fraction of sp³-hybridized carbons (Fsp3) is 1.00. The lowest BCUT2D eigenvalue weighted by molar-refractivity contribution is 0.273. The first kappa shape index (κ1) is 11.4. The van der Waals surface area contributed by atoms with Gasteiger partial charge in [0.2, 0.25) is 0 Å². The Morgan fingerprint density at radius 3 is 2.33 bits per heavy atom. The van der Waals surface area contributed by atoms with Gasteiger partial charge in [0.1, 0.15) is 0 Å². The molecule has 0 bridgehead atoms. The number of likely N-dealkylation sites (tertiary alicyclic amines) is 1. The Balaban J connectivity index is 1.60. The van der Waals surface area contributed by atoms with Crippen LogP contribution in [0.25, 0.3) is 0 Å². The van der Waals surface area contributed by atoms with E-state index in [0.717, 1.165) is 5.92 Å². The number of nitrogens with two attached hydrogens (primary N) is 1. The van der Waals surface area contributed by atoms with E-state index in [1.54, 1.807) is 0 Å². The van der Waals surface area contributed by atoms with Crippen molar-refractivity contribution in [2.24, 2.45) is 11.7 Å². The topological polar surface area (TPSA) is 29.3 Å². The summed E-state index contributed by atoms with van der Waals surface area (Å²) in [7, 11) is 0. The highest BCUT2D eigenvalue weighted by atomic mass is 15.1. The third kappa shape index (κ3) is 3.18. The first-order valence-electron chi connectivity index (χ1n) is 6.72. The second kappa shape index (κ2) is 4.84. The van der Waals surface area contributed by atoms with Crippen molar-refractivity contribution in [3.05, 3.63) is 0 Å². The van der Waals surface area contributed by atoms with E-state index >= 15 is 0 Å². The highest BCUT2D eigenvalue weighted by Crippen LogP contribution is 2.43. The molecule has 88 valence electrons. The molecule has 0 amide bonds. The van der Waals surface area contributed by atoms with Crippen molar-refractivity contribution in [2.45, 2.75) is 57.4 Å². The summed E-state index contributed by atoms with van der Waals surface area (Å²) in [6.45, 7) is 6.22. The van der Waals surface area contributed by atoms with E-state index in [1.165, 1.54) is 64.6 Å². The quantitative estimate of drug-likeness (QED) is 0.772. The molecule has 2 fully saturated rings. The van der Waals surface area contributed by atoms with E-state index in [0.29, 0.717) is 0 Å². The molecule has 2 heteroatoms. The minimum absolute atomic E-state index is 0.228. The minimum Gasteiger partial charge on any atom is -0.325 e. The van der Waals surface area contributed by atoms with Gasteiger partial charge in [-0.15, -0.1) is 0 Å². The fourth-order valence-corrected chi connectivity index (χ4v) is 2.85. The Bertz CT molecular complexity index is 197. The van der Waals surface area contributed by atoms with E-state index in [-0.39, 0.29) is 5.54 Å². The number of hydrogen-bond donors (Lipinski definition) is 1. The molecule has 2 aliphatic rings. The summed E-state index contributed by atoms with van der Waals surface area (Å²) < 4.78 is 0. The molecule has 0 aromatic rings. The van der Waals surface area contributed by atoms with Crippen LogP contribution >= 0.6 is 0 Å². The maximum atomic E-state index is 6.22. The number of rotatable bonds is 4. The molecule has 0 aromatic heterocycles. The summed E-state index contributed by atoms with van der Waals surface area (Å²) >= 11 is 0. The third-order valence-corrected chi connectivity index (χ3v) is 4.32. The predicted octanol–water partition coefficient (Wildman–Crippen LogP) is 2.38. The van der Waals surface area contributed by atoms with E-state index < -0.39 is 0 Å². The summed E-state index contributed by atoms with van der Waals surface area (Å²) in [4.78, 5) is 2.64. The molecule has 0 spiro atoms. The first-order chi connectivity index (χ1) is 7.21. The third-order valence-electron chi connectivity index (χ3n) is 4.32. The van der Waals surface area contributed by atoms with Gasteiger partial charge in [0.05, 0.1) is 0 Å². The van der Waals surface area contributed by atoms with Crippen molar-refractivity contribution in [1.29, 1.82) is 0 Å². The molecule has 1 saturated carbocycles. The van der Waals surface area contributed by atoms with Gasteiger partial charge in [-0.05, 0) is 57.7 Å². The van der Waals surface area contributed by atoms with Crippen molar-refractivity contribution in [1.82, 2.24) is 4.90 Å². The lowest BCUT2D eigenvalue weighted by Gasteiger charge is -2.20. The zero-order chi connectivity index (χ0) is 10.7. The maximum Gasteiger partial charge on any atom is 0.0184 e. The van der Waals surface area contributed by atoms with Crippen molar-refractivity contribution in [3.63, 3.8) is 0 Å². The van der Waals surface area contributed by atoms with Gasteiger partial charge in [0.25, 0.3) is 0 Å². The van der Waals surface area contributed by atoms with E-state index in [1.807, 2.05) is 0 Å². The van der Waals surface area contributed by atoms with Crippen LogP contribution in [0.5, 0.6) is 0 Å². The lowest BCUT2D eigenvalue weighted by Crippen LogP contribution is -2.29. The highest BCUT2D eigenvalue weighted by Gasteiger charge is 2.46. The number of nitrogens with zero attached hydrogens (tertiary/aromatic N) is 1. The average molecular weight is 210 g/mol. The van der Waals surface area contributed by atoms with Crippen molar-refractivity contribution >= 4 is 0 Å². The molecule has 0 radical (unpaired) electrons. The van der Waals surface area contributed by atoms with Gasteiger partial charge in [-0.1, -0.05) is 19.8 Å². The summed E-state index contributed by atoms with van der Waals surface area (Å²) in [6, 6.07) is 0. The van der Waals surface area contributed by atoms with E-state index in [4.69, 9.17) is 5.73 Å². The summed E-state index contributed by atoms with van der Waals surface area (Å²) in [5.74, 6) is 0.779. The van der Waals surface area contributed by atoms with Crippen molar-refractivity contribution < 1.29 is 0 Å². The van der Waals surface area contributed by atoms with Crippen molar-refractivity contribution in [2.75, 3.05) is 19.6 Å². The maximum absolute atomic E-state index is 6.22. The molecule has 1 saturated heterocycles. The van der Waals surface area contributed by atoms with Crippen LogP contribution in [0, 0.1) is 5.92 Å². The van der Waals surface area contributed by atoms with Crippen LogP contribution in [0.3, 0.4) is 0 Å². The lowest BCUT2D eigenvalue weighted by atomic mass is 10.1. The first-order valence-corrected chi connectivity index (χ1v) is 6.72. The molecule has 15 heavy (non-hydrogen) atoms. The predicted molar refractivity (Wildman–Crippen MR) is 64.8 cm³/mol. The molecule has 0 aromatic carbocycles. The molecule has 1 aliphatic heterocycles. The molecule has 2 nitrogen and oxygen atoms in total. The molecule has 1 heterocycles. The SMILES string of the molecule is CC1CC1(N)CCCN1CCCCCC1. The van der Waals surface area contributed by atoms with Gasteiger partial charge in [0.15, 0.2) is 0 Å². The average Bonchev–Trinajstić information content (AvgIpc) is 2.87. The van der Waals surface area contributed by atoms with E-state index in [2.05, 4.69) is 11.8 Å². The normalized spacial score (nSPS) is 37.6. The van der Waals surface area contributed by atoms with Crippen LogP contribution < -0.4 is 5.73 Å². The van der Waals surface area contributed by atoms with Crippen LogP contribution in [0.2, 0.25) is 0 Å². The molecule has 2 rings (SSSR count). The Morgan fingerprint density at radius 2 is 1.80 bits per heavy atom. The van der Waals surface area contributed by atoms with Crippen LogP contribution in [0.15, 0.2) is 0 Å². The van der Waals surface area contributed by atoms with Crippen molar-refractivity contribution in [3.8, 4) is 0 Å². The molecule has 2 atom stereocenters. The Hall–Kier alpha value is -0.0800. The van der Waals surface area contributed by atoms with Gasteiger partial charge < -0.3 is 10.6 Å². The second-order valence-corrected chi connectivity index (χ2v) is 5.70. The van der Waals surface area contributed by atoms with Crippen LogP contribution in [0.1, 0.15) is 51.9 Å². The van der Waals surface area contributed by atoms with E-state index in [9.17, 15) is 0 Å². The zero-order valence-corrected chi connectivity index (χ0v) is 10.2. The molecule has 2 N–H and O–H groups in total. The molecule has 1 aliphatic carbocycles.